The normalized spacial score (nSPS) is 17.0. The van der Waals surface area contributed by atoms with E-state index in [1.165, 1.54) is 5.56 Å². The highest BCUT2D eigenvalue weighted by Crippen LogP contribution is 2.32. The Labute approximate surface area is 195 Å². The zero-order valence-corrected chi connectivity index (χ0v) is 19.5. The summed E-state index contributed by atoms with van der Waals surface area (Å²) in [5, 5.41) is 0. The van der Waals surface area contributed by atoms with Gasteiger partial charge in [0.05, 0.1) is 20.1 Å². The fourth-order valence-corrected chi connectivity index (χ4v) is 4.59. The summed E-state index contributed by atoms with van der Waals surface area (Å²) in [6, 6.07) is 18.3. The van der Waals surface area contributed by atoms with E-state index in [2.05, 4.69) is 28.1 Å². The molecule has 0 radical (unpaired) electrons. The molecule has 2 aromatic carbocycles. The van der Waals surface area contributed by atoms with E-state index < -0.39 is 0 Å². The number of hydrogen-bond acceptors (Lipinski definition) is 5. The van der Waals surface area contributed by atoms with Gasteiger partial charge in [-0.25, -0.2) is 0 Å². The third-order valence-electron chi connectivity index (χ3n) is 6.31. The molecule has 1 amide bonds. The number of ether oxygens (including phenoxy) is 2. The lowest BCUT2D eigenvalue weighted by Gasteiger charge is -2.25. The number of benzene rings is 2. The summed E-state index contributed by atoms with van der Waals surface area (Å²) in [4.78, 5) is 21.6. The number of pyridine rings is 1. The molecule has 1 aliphatic rings. The maximum atomic E-state index is 13.3. The Hall–Kier alpha value is -3.38. The molecule has 2 heterocycles. The number of rotatable bonds is 7. The van der Waals surface area contributed by atoms with Crippen LogP contribution in [0.25, 0.3) is 11.1 Å². The minimum Gasteiger partial charge on any atom is -0.493 e. The van der Waals surface area contributed by atoms with Crippen LogP contribution in [0.2, 0.25) is 0 Å². The molecular formula is C27H31N3O3. The summed E-state index contributed by atoms with van der Waals surface area (Å²) in [7, 11) is 5.22. The molecular weight excluding hydrogens is 414 g/mol. The Bertz CT molecular complexity index is 1090. The van der Waals surface area contributed by atoms with Crippen molar-refractivity contribution in [1.82, 2.24) is 14.8 Å². The van der Waals surface area contributed by atoms with Crippen LogP contribution in [0.4, 0.5) is 0 Å². The Morgan fingerprint density at radius 2 is 1.70 bits per heavy atom. The Morgan fingerprint density at radius 1 is 0.939 bits per heavy atom. The van der Waals surface area contributed by atoms with Crippen molar-refractivity contribution in [2.45, 2.75) is 13.0 Å². The van der Waals surface area contributed by atoms with Crippen molar-refractivity contribution in [3.05, 3.63) is 78.1 Å². The molecule has 33 heavy (non-hydrogen) atoms. The molecule has 0 unspecified atom stereocenters. The monoisotopic (exact) mass is 445 g/mol. The van der Waals surface area contributed by atoms with Crippen LogP contribution in [-0.2, 0) is 17.8 Å². The number of nitrogens with zero attached hydrogens (tertiary/aromatic N) is 3. The van der Waals surface area contributed by atoms with Gasteiger partial charge in [0.25, 0.3) is 0 Å². The lowest BCUT2D eigenvalue weighted by Crippen LogP contribution is -2.34. The summed E-state index contributed by atoms with van der Waals surface area (Å²) >= 11 is 0. The topological polar surface area (TPSA) is 54.9 Å². The molecule has 4 rings (SSSR count). The zero-order valence-electron chi connectivity index (χ0n) is 19.5. The van der Waals surface area contributed by atoms with Crippen molar-refractivity contribution in [2.24, 2.45) is 5.92 Å². The number of carbonyl (C=O) groups excluding carboxylic acids is 1. The van der Waals surface area contributed by atoms with Crippen molar-refractivity contribution in [3.63, 3.8) is 0 Å². The van der Waals surface area contributed by atoms with Crippen LogP contribution in [-0.4, -0.2) is 61.6 Å². The molecule has 0 spiro atoms. The van der Waals surface area contributed by atoms with Gasteiger partial charge in [0.2, 0.25) is 5.91 Å². The predicted molar refractivity (Wildman–Crippen MR) is 129 cm³/mol. The standard InChI is InChI=1S/C27H31N3O3/c1-29-15-16-30(18-22-8-6-10-25(32-2)26(22)33-3)19-23(27(29)31)17-21-7-4-5-9-24(21)20-11-13-28-14-12-20/h4-14,23H,15-19H2,1-3H3/t23-/m1/s1. The average molecular weight is 446 g/mol. The molecule has 1 aliphatic heterocycles. The van der Waals surface area contributed by atoms with Gasteiger partial charge in [0.15, 0.2) is 11.5 Å². The van der Waals surface area contributed by atoms with Gasteiger partial charge in [-0.2, -0.15) is 0 Å². The zero-order chi connectivity index (χ0) is 23.2. The smallest absolute Gasteiger partial charge is 0.227 e. The van der Waals surface area contributed by atoms with E-state index in [4.69, 9.17) is 9.47 Å². The highest BCUT2D eigenvalue weighted by atomic mass is 16.5. The van der Waals surface area contributed by atoms with Gasteiger partial charge in [-0.3, -0.25) is 14.7 Å². The number of likely N-dealkylation sites (N-methyl/N-ethyl adjacent to an activating group) is 1. The molecule has 0 bridgehead atoms. The highest BCUT2D eigenvalue weighted by Gasteiger charge is 2.30. The summed E-state index contributed by atoms with van der Waals surface area (Å²) in [5.41, 5.74) is 4.51. The Balaban J connectivity index is 1.59. The van der Waals surface area contributed by atoms with Crippen molar-refractivity contribution in [1.29, 1.82) is 0 Å². The van der Waals surface area contributed by atoms with E-state index in [9.17, 15) is 4.79 Å². The molecule has 0 N–H and O–H groups in total. The summed E-state index contributed by atoms with van der Waals surface area (Å²) in [6.45, 7) is 2.90. The molecule has 6 heteroatoms. The second-order valence-electron chi connectivity index (χ2n) is 8.44. The van der Waals surface area contributed by atoms with E-state index >= 15 is 0 Å². The van der Waals surface area contributed by atoms with Gasteiger partial charge in [-0.05, 0) is 41.3 Å². The number of carbonyl (C=O) groups is 1. The van der Waals surface area contributed by atoms with E-state index in [0.29, 0.717) is 26.1 Å². The first kappa shape index (κ1) is 22.8. The third kappa shape index (κ3) is 5.17. The minimum absolute atomic E-state index is 0.128. The molecule has 0 aliphatic carbocycles. The lowest BCUT2D eigenvalue weighted by molar-refractivity contribution is -0.133. The number of para-hydroxylation sites is 1. The van der Waals surface area contributed by atoms with Crippen molar-refractivity contribution in [3.8, 4) is 22.6 Å². The quantitative estimate of drug-likeness (QED) is 0.552. The van der Waals surface area contributed by atoms with E-state index in [0.717, 1.165) is 34.7 Å². The summed E-state index contributed by atoms with van der Waals surface area (Å²) in [6.07, 6.45) is 4.30. The van der Waals surface area contributed by atoms with Gasteiger partial charge in [0, 0.05) is 51.2 Å². The summed E-state index contributed by atoms with van der Waals surface area (Å²) < 4.78 is 11.1. The molecule has 1 saturated heterocycles. The first-order valence-electron chi connectivity index (χ1n) is 11.3. The number of hydrogen-bond donors (Lipinski definition) is 0. The molecule has 1 atom stereocenters. The first-order chi connectivity index (χ1) is 16.1. The fraction of sp³-hybridized carbons (Fsp3) is 0.333. The number of methoxy groups -OCH3 is 2. The van der Waals surface area contributed by atoms with Crippen LogP contribution < -0.4 is 9.47 Å². The van der Waals surface area contributed by atoms with E-state index in [1.54, 1.807) is 26.6 Å². The predicted octanol–water partition coefficient (Wildman–Crippen LogP) is 3.90. The molecule has 1 fully saturated rings. The molecule has 0 saturated carbocycles. The van der Waals surface area contributed by atoms with Crippen LogP contribution in [0.1, 0.15) is 11.1 Å². The SMILES string of the molecule is COc1cccc(CN2CCN(C)C(=O)[C@H](Cc3ccccc3-c3ccncc3)C2)c1OC. The second-order valence-corrected chi connectivity index (χ2v) is 8.44. The Kier molecular flexibility index (Phi) is 7.25. The van der Waals surface area contributed by atoms with Crippen molar-refractivity contribution >= 4 is 5.91 Å². The largest absolute Gasteiger partial charge is 0.493 e. The van der Waals surface area contributed by atoms with Crippen LogP contribution in [0.5, 0.6) is 11.5 Å². The maximum absolute atomic E-state index is 13.3. The van der Waals surface area contributed by atoms with Crippen molar-refractivity contribution in [2.75, 3.05) is 40.9 Å². The number of aromatic nitrogens is 1. The average Bonchev–Trinajstić information content (AvgIpc) is 2.98. The lowest BCUT2D eigenvalue weighted by atomic mass is 9.91. The van der Waals surface area contributed by atoms with Gasteiger partial charge in [-0.1, -0.05) is 36.4 Å². The van der Waals surface area contributed by atoms with Gasteiger partial charge < -0.3 is 14.4 Å². The molecule has 6 nitrogen and oxygen atoms in total. The molecule has 172 valence electrons. The van der Waals surface area contributed by atoms with Gasteiger partial charge in [0.1, 0.15) is 0 Å². The first-order valence-corrected chi connectivity index (χ1v) is 11.3. The van der Waals surface area contributed by atoms with E-state index in [1.807, 2.05) is 48.3 Å². The van der Waals surface area contributed by atoms with Gasteiger partial charge in [-0.15, -0.1) is 0 Å². The minimum atomic E-state index is -0.128. The van der Waals surface area contributed by atoms with Crippen LogP contribution in [0.15, 0.2) is 67.0 Å². The van der Waals surface area contributed by atoms with Crippen LogP contribution >= 0.6 is 0 Å². The highest BCUT2D eigenvalue weighted by molar-refractivity contribution is 5.80. The third-order valence-corrected chi connectivity index (χ3v) is 6.31. The summed E-state index contributed by atoms with van der Waals surface area (Å²) in [5.74, 6) is 1.54. The van der Waals surface area contributed by atoms with E-state index in [-0.39, 0.29) is 11.8 Å². The van der Waals surface area contributed by atoms with Crippen LogP contribution in [0.3, 0.4) is 0 Å². The van der Waals surface area contributed by atoms with Crippen LogP contribution in [0, 0.1) is 5.92 Å². The molecule has 1 aromatic heterocycles. The van der Waals surface area contributed by atoms with Crippen molar-refractivity contribution < 1.29 is 14.3 Å². The second kappa shape index (κ2) is 10.5. The van der Waals surface area contributed by atoms with Gasteiger partial charge >= 0.3 is 0 Å². The Morgan fingerprint density at radius 3 is 2.45 bits per heavy atom. The maximum Gasteiger partial charge on any atom is 0.227 e. The molecule has 3 aromatic rings. The fourth-order valence-electron chi connectivity index (χ4n) is 4.59. The number of amides is 1.